The smallest absolute Gasteiger partial charge is 0.328 e. The first-order valence-corrected chi connectivity index (χ1v) is 10.0. The first kappa shape index (κ1) is 23.2. The van der Waals surface area contributed by atoms with Gasteiger partial charge in [-0.2, -0.15) is 0 Å². The van der Waals surface area contributed by atoms with Crippen LogP contribution in [0.1, 0.15) is 47.7 Å². The third-order valence-electron chi connectivity index (χ3n) is 4.67. The van der Waals surface area contributed by atoms with Crippen molar-refractivity contribution in [1.29, 1.82) is 0 Å². The molecule has 0 aliphatic carbocycles. The van der Waals surface area contributed by atoms with Gasteiger partial charge in [0.25, 0.3) is 5.91 Å². The Labute approximate surface area is 176 Å². The highest BCUT2D eigenvalue weighted by Gasteiger charge is 2.25. The van der Waals surface area contributed by atoms with Crippen LogP contribution >= 0.6 is 0 Å². The summed E-state index contributed by atoms with van der Waals surface area (Å²) >= 11 is 0. The lowest BCUT2D eigenvalue weighted by atomic mass is 10.0. The van der Waals surface area contributed by atoms with E-state index >= 15 is 0 Å². The summed E-state index contributed by atoms with van der Waals surface area (Å²) in [6, 6.07) is 11.0. The van der Waals surface area contributed by atoms with Crippen LogP contribution in [0.15, 0.2) is 42.5 Å². The first-order valence-electron chi connectivity index (χ1n) is 10.0. The Hall–Kier alpha value is -3.06. The van der Waals surface area contributed by atoms with E-state index in [0.29, 0.717) is 17.9 Å². The molecule has 0 fully saturated rings. The monoisotopic (exact) mass is 415 g/mol. The minimum absolute atomic E-state index is 0.0538. The molecular formula is C23H29NO6. The molecule has 162 valence electrons. The molecule has 3 N–H and O–H groups in total. The molecule has 0 bridgehead atoms. The quantitative estimate of drug-likeness (QED) is 0.385. The fourth-order valence-electron chi connectivity index (χ4n) is 3.01. The molecule has 7 heteroatoms. The van der Waals surface area contributed by atoms with E-state index < -0.39 is 17.9 Å². The van der Waals surface area contributed by atoms with E-state index in [0.717, 1.165) is 24.8 Å². The average molecular weight is 415 g/mol. The largest absolute Gasteiger partial charge is 0.507 e. The summed E-state index contributed by atoms with van der Waals surface area (Å²) in [6.45, 7) is 2.18. The van der Waals surface area contributed by atoms with Crippen molar-refractivity contribution in [3.63, 3.8) is 0 Å². The van der Waals surface area contributed by atoms with E-state index in [1.165, 1.54) is 19.2 Å². The Kier molecular flexibility index (Phi) is 9.15. The van der Waals surface area contributed by atoms with Crippen LogP contribution in [0, 0.1) is 0 Å². The molecule has 0 aromatic heterocycles. The van der Waals surface area contributed by atoms with E-state index in [1.807, 2.05) is 30.3 Å². The molecule has 0 aliphatic heterocycles. The second-order valence-electron chi connectivity index (χ2n) is 6.93. The number of nitrogens with one attached hydrogen (secondary N) is 1. The molecule has 0 spiro atoms. The minimum atomic E-state index is -0.924. The molecule has 0 heterocycles. The maximum Gasteiger partial charge on any atom is 0.328 e. The molecule has 1 amide bonds. The maximum absolute atomic E-state index is 12.8. The number of rotatable bonds is 11. The molecule has 0 saturated heterocycles. The Bertz CT molecular complexity index is 837. The Morgan fingerprint density at radius 1 is 1.13 bits per heavy atom. The van der Waals surface area contributed by atoms with Crippen molar-refractivity contribution in [1.82, 2.24) is 5.32 Å². The van der Waals surface area contributed by atoms with E-state index in [-0.39, 0.29) is 24.3 Å². The summed E-state index contributed by atoms with van der Waals surface area (Å²) < 4.78 is 10.4. The normalized spacial score (nSPS) is 11.6. The highest BCUT2D eigenvalue weighted by molar-refractivity contribution is 5.99. The number of phenols is 1. The molecule has 0 saturated carbocycles. The molecule has 0 radical (unpaired) electrons. The van der Waals surface area contributed by atoms with Crippen molar-refractivity contribution in [2.75, 3.05) is 13.7 Å². The van der Waals surface area contributed by atoms with Gasteiger partial charge in [0.05, 0.1) is 25.9 Å². The van der Waals surface area contributed by atoms with Gasteiger partial charge in [-0.1, -0.05) is 50.1 Å². The molecule has 7 nitrogen and oxygen atoms in total. The zero-order chi connectivity index (χ0) is 21.9. The number of hydrogen-bond donors (Lipinski definition) is 3. The van der Waals surface area contributed by atoms with E-state index in [4.69, 9.17) is 9.47 Å². The summed E-state index contributed by atoms with van der Waals surface area (Å²) in [7, 11) is 1.25. The van der Waals surface area contributed by atoms with Crippen LogP contribution in [0.25, 0.3) is 0 Å². The lowest BCUT2D eigenvalue weighted by Crippen LogP contribution is -2.43. The van der Waals surface area contributed by atoms with Crippen LogP contribution in [0.2, 0.25) is 0 Å². The highest BCUT2D eigenvalue weighted by atomic mass is 16.5. The number of aromatic hydroxyl groups is 1. The van der Waals surface area contributed by atoms with Gasteiger partial charge in [-0.15, -0.1) is 0 Å². The van der Waals surface area contributed by atoms with Crippen LogP contribution in [-0.4, -0.2) is 41.8 Å². The van der Waals surface area contributed by atoms with Crippen molar-refractivity contribution >= 4 is 11.9 Å². The van der Waals surface area contributed by atoms with Gasteiger partial charge >= 0.3 is 5.97 Å². The van der Waals surface area contributed by atoms with Crippen LogP contribution < -0.4 is 10.1 Å². The Balaban J connectivity index is 2.17. The molecular weight excluding hydrogens is 386 g/mol. The van der Waals surface area contributed by atoms with Crippen molar-refractivity contribution in [3.8, 4) is 11.5 Å². The fourth-order valence-corrected chi connectivity index (χ4v) is 3.01. The molecule has 2 aromatic rings. The molecule has 2 aromatic carbocycles. The number of aliphatic hydroxyl groups excluding tert-OH is 1. The van der Waals surface area contributed by atoms with E-state index in [1.54, 1.807) is 0 Å². The number of carbonyl (C=O) groups is 2. The maximum atomic E-state index is 12.8. The van der Waals surface area contributed by atoms with E-state index in [9.17, 15) is 19.8 Å². The average Bonchev–Trinajstić information content (AvgIpc) is 2.76. The van der Waals surface area contributed by atoms with Crippen molar-refractivity contribution < 1.29 is 29.3 Å². The molecule has 30 heavy (non-hydrogen) atoms. The Morgan fingerprint density at radius 3 is 2.50 bits per heavy atom. The Morgan fingerprint density at radius 2 is 1.87 bits per heavy atom. The standard InChI is InChI=1S/C23H29NO6/c1-3-4-8-11-30-21-14-20(26)18(13-17(21)15-25)22(27)24-19(23(28)29-2)12-16-9-6-5-7-10-16/h5-7,9-10,13-14,19,25-26H,3-4,8,11-12,15H2,1-2H3,(H,24,27)/t19-/m0/s1. The minimum Gasteiger partial charge on any atom is -0.507 e. The van der Waals surface area contributed by atoms with Gasteiger partial charge < -0.3 is 25.0 Å². The summed E-state index contributed by atoms with van der Waals surface area (Å²) in [5, 5.41) is 22.6. The summed E-state index contributed by atoms with van der Waals surface area (Å²) in [5.41, 5.74) is 1.18. The van der Waals surface area contributed by atoms with Crippen molar-refractivity contribution in [2.45, 2.75) is 45.3 Å². The third kappa shape index (κ3) is 6.49. The number of carbonyl (C=O) groups excluding carboxylic acids is 2. The number of benzene rings is 2. The predicted octanol–water partition coefficient (Wildman–Crippen LogP) is 2.97. The van der Waals surface area contributed by atoms with Crippen LogP contribution in [0.3, 0.4) is 0 Å². The highest BCUT2D eigenvalue weighted by Crippen LogP contribution is 2.29. The van der Waals surface area contributed by atoms with Crippen LogP contribution in [-0.2, 0) is 22.6 Å². The summed E-state index contributed by atoms with van der Waals surface area (Å²) in [4.78, 5) is 24.9. The van der Waals surface area contributed by atoms with Gasteiger partial charge in [0.1, 0.15) is 17.5 Å². The second-order valence-corrected chi connectivity index (χ2v) is 6.93. The van der Waals surface area contributed by atoms with Crippen molar-refractivity contribution in [2.24, 2.45) is 0 Å². The van der Waals surface area contributed by atoms with Gasteiger partial charge in [0.2, 0.25) is 0 Å². The van der Waals surface area contributed by atoms with Gasteiger partial charge in [-0.05, 0) is 18.1 Å². The summed E-state index contributed by atoms with van der Waals surface area (Å²) in [6.07, 6.45) is 3.15. The van der Waals surface area contributed by atoms with Gasteiger partial charge in [-0.25, -0.2) is 4.79 Å². The first-order chi connectivity index (χ1) is 14.5. The lowest BCUT2D eigenvalue weighted by molar-refractivity contribution is -0.142. The number of phenolic OH excluding ortho intramolecular Hbond substituents is 1. The van der Waals surface area contributed by atoms with E-state index in [2.05, 4.69) is 12.2 Å². The topological polar surface area (TPSA) is 105 Å². The molecule has 0 aliphatic rings. The number of methoxy groups -OCH3 is 1. The lowest BCUT2D eigenvalue weighted by Gasteiger charge is -2.18. The number of ether oxygens (including phenoxy) is 2. The van der Waals surface area contributed by atoms with Crippen LogP contribution in [0.5, 0.6) is 11.5 Å². The number of unbranched alkanes of at least 4 members (excludes halogenated alkanes) is 2. The second kappa shape index (κ2) is 11.8. The third-order valence-corrected chi connectivity index (χ3v) is 4.67. The van der Waals surface area contributed by atoms with Crippen LogP contribution in [0.4, 0.5) is 0 Å². The molecule has 2 rings (SSSR count). The molecule has 1 atom stereocenters. The predicted molar refractivity (Wildman–Crippen MR) is 112 cm³/mol. The fraction of sp³-hybridized carbons (Fsp3) is 0.391. The molecule has 0 unspecified atom stereocenters. The zero-order valence-electron chi connectivity index (χ0n) is 17.4. The van der Waals surface area contributed by atoms with Gasteiger partial charge in [0, 0.05) is 18.1 Å². The SMILES string of the molecule is CCCCCOc1cc(O)c(C(=O)N[C@@H](Cc2ccccc2)C(=O)OC)cc1CO. The number of hydrogen-bond acceptors (Lipinski definition) is 6. The van der Waals surface area contributed by atoms with Gasteiger partial charge in [0.15, 0.2) is 0 Å². The van der Waals surface area contributed by atoms with Gasteiger partial charge in [-0.3, -0.25) is 4.79 Å². The number of aliphatic hydroxyl groups is 1. The summed E-state index contributed by atoms with van der Waals surface area (Å²) in [5.74, 6) is -1.20. The number of amides is 1. The van der Waals surface area contributed by atoms with Crippen molar-refractivity contribution in [3.05, 3.63) is 59.2 Å². The number of esters is 1. The zero-order valence-corrected chi connectivity index (χ0v) is 17.4.